The molecule has 144 valence electrons. The molecule has 1 aliphatic heterocycles. The van der Waals surface area contributed by atoms with Crippen molar-refractivity contribution in [3.05, 3.63) is 24.8 Å². The second-order valence-electron chi connectivity index (χ2n) is 5.97. The summed E-state index contributed by atoms with van der Waals surface area (Å²) in [6, 6.07) is 3.54. The molecule has 2 heterocycles. The summed E-state index contributed by atoms with van der Waals surface area (Å²) in [5.74, 6) is 2.03. The number of amides is 1. The average Bonchev–Trinajstić information content (AvgIpc) is 2.71. The number of nitrogen functional groups attached to an aromatic ring is 1. The predicted octanol–water partition coefficient (Wildman–Crippen LogP) is 1.67. The van der Waals surface area contributed by atoms with Crippen molar-refractivity contribution in [3.63, 3.8) is 0 Å². The van der Waals surface area contributed by atoms with Crippen LogP contribution in [0, 0.1) is 0 Å². The Hall–Kier alpha value is -3.23. The number of anilines is 2. The zero-order chi connectivity index (χ0) is 19.4. The number of ether oxygens (including phenoxy) is 3. The maximum atomic E-state index is 11.9. The second kappa shape index (κ2) is 7.98. The van der Waals surface area contributed by atoms with Crippen molar-refractivity contribution < 1.29 is 19.0 Å². The summed E-state index contributed by atoms with van der Waals surface area (Å²) >= 11 is 0. The topological polar surface area (TPSA) is 103 Å². The third kappa shape index (κ3) is 3.81. The molecule has 27 heavy (non-hydrogen) atoms. The van der Waals surface area contributed by atoms with Crippen molar-refractivity contribution in [3.8, 4) is 11.5 Å². The number of carbonyl (C=O) groups is 1. The van der Waals surface area contributed by atoms with Gasteiger partial charge in [0.2, 0.25) is 5.95 Å². The molecule has 0 saturated carbocycles. The molecule has 0 spiro atoms. The Bertz CT molecular complexity index is 849. The highest BCUT2D eigenvalue weighted by Gasteiger charge is 2.24. The van der Waals surface area contributed by atoms with E-state index in [2.05, 4.69) is 16.5 Å². The maximum Gasteiger partial charge on any atom is 0.410 e. The highest BCUT2D eigenvalue weighted by molar-refractivity contribution is 5.91. The van der Waals surface area contributed by atoms with Crippen LogP contribution in [0.2, 0.25) is 0 Å². The molecule has 0 aliphatic carbocycles. The molecule has 9 heteroatoms. The van der Waals surface area contributed by atoms with Crippen LogP contribution in [0.4, 0.5) is 16.6 Å². The minimum Gasteiger partial charge on any atom is -0.493 e. The Morgan fingerprint density at radius 2 is 1.85 bits per heavy atom. The van der Waals surface area contributed by atoms with Crippen molar-refractivity contribution >= 4 is 28.8 Å². The quantitative estimate of drug-likeness (QED) is 0.790. The Labute approximate surface area is 157 Å². The van der Waals surface area contributed by atoms with Gasteiger partial charge in [-0.15, -0.1) is 0 Å². The minimum absolute atomic E-state index is 0.203. The van der Waals surface area contributed by atoms with E-state index in [1.54, 1.807) is 37.3 Å². The largest absolute Gasteiger partial charge is 0.493 e. The molecule has 2 N–H and O–H groups in total. The van der Waals surface area contributed by atoms with Gasteiger partial charge < -0.3 is 29.7 Å². The van der Waals surface area contributed by atoms with Gasteiger partial charge in [-0.2, -0.15) is 4.98 Å². The highest BCUT2D eigenvalue weighted by atomic mass is 16.6. The van der Waals surface area contributed by atoms with Gasteiger partial charge in [-0.25, -0.2) is 9.78 Å². The van der Waals surface area contributed by atoms with Crippen molar-refractivity contribution in [1.29, 1.82) is 0 Å². The summed E-state index contributed by atoms with van der Waals surface area (Å²) in [5, 5.41) is 0.697. The van der Waals surface area contributed by atoms with Crippen molar-refractivity contribution in [1.82, 2.24) is 14.9 Å². The number of benzene rings is 1. The molecule has 1 fully saturated rings. The van der Waals surface area contributed by atoms with Crippen molar-refractivity contribution in [2.24, 2.45) is 0 Å². The number of rotatable bonds is 5. The zero-order valence-corrected chi connectivity index (χ0v) is 15.5. The van der Waals surface area contributed by atoms with Gasteiger partial charge in [0.25, 0.3) is 0 Å². The summed E-state index contributed by atoms with van der Waals surface area (Å²) in [4.78, 5) is 24.6. The summed E-state index contributed by atoms with van der Waals surface area (Å²) in [6.07, 6.45) is 1.20. The van der Waals surface area contributed by atoms with Gasteiger partial charge in [-0.05, 0) is 6.07 Å². The maximum absolute atomic E-state index is 11.9. The molecule has 1 aliphatic rings. The van der Waals surface area contributed by atoms with Crippen LogP contribution < -0.4 is 20.1 Å². The zero-order valence-electron chi connectivity index (χ0n) is 15.5. The Balaban J connectivity index is 1.79. The molecule has 0 unspecified atom stereocenters. The molecule has 1 aromatic carbocycles. The first-order valence-corrected chi connectivity index (χ1v) is 8.54. The van der Waals surface area contributed by atoms with Gasteiger partial charge in [-0.3, -0.25) is 0 Å². The fourth-order valence-corrected chi connectivity index (χ4v) is 2.92. The van der Waals surface area contributed by atoms with Gasteiger partial charge in [0.1, 0.15) is 12.4 Å². The predicted molar refractivity (Wildman–Crippen MR) is 102 cm³/mol. The van der Waals surface area contributed by atoms with Gasteiger partial charge >= 0.3 is 6.09 Å². The monoisotopic (exact) mass is 373 g/mol. The second-order valence-corrected chi connectivity index (χ2v) is 5.97. The molecule has 9 nitrogen and oxygen atoms in total. The van der Waals surface area contributed by atoms with E-state index in [0.29, 0.717) is 60.3 Å². The van der Waals surface area contributed by atoms with Crippen molar-refractivity contribution in [2.45, 2.75) is 0 Å². The van der Waals surface area contributed by atoms with Crippen molar-refractivity contribution in [2.75, 3.05) is 57.6 Å². The normalized spacial score (nSPS) is 14.1. The molecule has 1 aromatic heterocycles. The lowest BCUT2D eigenvalue weighted by atomic mass is 10.2. The minimum atomic E-state index is -0.342. The number of hydrogen-bond donors (Lipinski definition) is 1. The third-order valence-electron chi connectivity index (χ3n) is 4.36. The molecule has 1 saturated heterocycles. The van der Waals surface area contributed by atoms with Gasteiger partial charge in [0, 0.05) is 37.6 Å². The standard InChI is InChI=1S/C18H23N5O4/c1-4-9-27-18(24)23-7-5-22(6-8-23)17-20-13-11-15(26-3)14(25-2)10-12(13)16(19)21-17/h4,10-11H,1,5-9H2,2-3H3,(H2,19,20,21). The lowest BCUT2D eigenvalue weighted by Crippen LogP contribution is -2.49. The van der Waals surface area contributed by atoms with E-state index in [-0.39, 0.29) is 12.7 Å². The first-order chi connectivity index (χ1) is 13.1. The number of aromatic nitrogens is 2. The van der Waals surface area contributed by atoms with Crippen LogP contribution in [0.1, 0.15) is 0 Å². The van der Waals surface area contributed by atoms with Crippen LogP contribution in [0.3, 0.4) is 0 Å². The van der Waals surface area contributed by atoms with E-state index < -0.39 is 0 Å². The Morgan fingerprint density at radius 1 is 1.19 bits per heavy atom. The summed E-state index contributed by atoms with van der Waals surface area (Å²) in [6.45, 7) is 5.94. The smallest absolute Gasteiger partial charge is 0.410 e. The molecule has 2 aromatic rings. The number of nitrogens with zero attached hydrogens (tertiary/aromatic N) is 4. The number of piperazine rings is 1. The lowest BCUT2D eigenvalue weighted by molar-refractivity contribution is 0.110. The first-order valence-electron chi connectivity index (χ1n) is 8.54. The number of hydrogen-bond acceptors (Lipinski definition) is 8. The van der Waals surface area contributed by atoms with Crippen LogP contribution in [0.25, 0.3) is 10.9 Å². The van der Waals surface area contributed by atoms with Gasteiger partial charge in [0.05, 0.1) is 19.7 Å². The van der Waals surface area contributed by atoms with Crippen LogP contribution >= 0.6 is 0 Å². The number of methoxy groups -OCH3 is 2. The first kappa shape index (κ1) is 18.6. The van der Waals surface area contributed by atoms with E-state index in [0.717, 1.165) is 0 Å². The lowest BCUT2D eigenvalue weighted by Gasteiger charge is -2.34. The van der Waals surface area contributed by atoms with Crippen LogP contribution in [0.5, 0.6) is 11.5 Å². The SMILES string of the molecule is C=CCOC(=O)N1CCN(c2nc(N)c3cc(OC)c(OC)cc3n2)CC1. The summed E-state index contributed by atoms with van der Waals surface area (Å²) in [7, 11) is 3.13. The fourth-order valence-electron chi connectivity index (χ4n) is 2.92. The van der Waals surface area contributed by atoms with E-state index in [1.165, 1.54) is 0 Å². The van der Waals surface area contributed by atoms with Crippen LogP contribution in [0.15, 0.2) is 24.8 Å². The third-order valence-corrected chi connectivity index (χ3v) is 4.36. The van der Waals surface area contributed by atoms with E-state index in [4.69, 9.17) is 19.9 Å². The number of nitrogens with two attached hydrogens (primary N) is 1. The molecule has 3 rings (SSSR count). The Morgan fingerprint density at radius 3 is 2.48 bits per heavy atom. The average molecular weight is 373 g/mol. The number of carbonyl (C=O) groups excluding carboxylic acids is 1. The number of fused-ring (bicyclic) bond motifs is 1. The fraction of sp³-hybridized carbons (Fsp3) is 0.389. The van der Waals surface area contributed by atoms with Gasteiger partial charge in [-0.1, -0.05) is 12.7 Å². The van der Waals surface area contributed by atoms with E-state index in [9.17, 15) is 4.79 Å². The molecule has 1 amide bonds. The highest BCUT2D eigenvalue weighted by Crippen LogP contribution is 2.34. The van der Waals surface area contributed by atoms with E-state index >= 15 is 0 Å². The summed E-state index contributed by atoms with van der Waals surface area (Å²) in [5.41, 5.74) is 6.81. The Kier molecular flexibility index (Phi) is 5.49. The molecular formula is C18H23N5O4. The van der Waals surface area contributed by atoms with Crippen LogP contribution in [-0.4, -0.2) is 68.0 Å². The molecule has 0 atom stereocenters. The molecular weight excluding hydrogens is 350 g/mol. The molecule has 0 bridgehead atoms. The molecule has 0 radical (unpaired) electrons. The van der Waals surface area contributed by atoms with E-state index in [1.807, 2.05) is 4.90 Å². The summed E-state index contributed by atoms with van der Waals surface area (Å²) < 4.78 is 15.7. The van der Waals surface area contributed by atoms with Gasteiger partial charge in [0.15, 0.2) is 11.5 Å². The van der Waals surface area contributed by atoms with Crippen LogP contribution in [-0.2, 0) is 4.74 Å².